The molecule has 4 nitrogen and oxygen atoms in total. The molecule has 0 aromatic heterocycles. The molecule has 1 heterocycles. The maximum absolute atomic E-state index is 13.1. The topological polar surface area (TPSA) is 40.6 Å². The van der Waals surface area contributed by atoms with Crippen LogP contribution in [0.15, 0.2) is 53.4 Å². The van der Waals surface area contributed by atoms with Crippen molar-refractivity contribution < 1.29 is 21.6 Å². The summed E-state index contributed by atoms with van der Waals surface area (Å²) in [6, 6.07) is 11.4. The van der Waals surface area contributed by atoms with Crippen LogP contribution in [0.4, 0.5) is 13.2 Å². The van der Waals surface area contributed by atoms with E-state index in [-0.39, 0.29) is 30.1 Å². The number of piperazine rings is 1. The highest BCUT2D eigenvalue weighted by molar-refractivity contribution is 7.89. The molecular weight excluding hydrogens is 401 g/mol. The van der Waals surface area contributed by atoms with Crippen LogP contribution >= 0.6 is 11.6 Å². The second kappa shape index (κ2) is 7.79. The van der Waals surface area contributed by atoms with Crippen molar-refractivity contribution in [2.24, 2.45) is 0 Å². The van der Waals surface area contributed by atoms with E-state index in [2.05, 4.69) is 0 Å². The fourth-order valence-corrected chi connectivity index (χ4v) is 4.61. The molecule has 1 saturated heterocycles. The Kier molecular flexibility index (Phi) is 5.81. The quantitative estimate of drug-likeness (QED) is 0.757. The molecule has 3 rings (SSSR count). The Bertz CT molecular complexity index is 894. The number of nitrogens with zero attached hydrogens (tertiary/aromatic N) is 2. The van der Waals surface area contributed by atoms with Crippen molar-refractivity contribution in [1.82, 2.24) is 9.21 Å². The molecule has 1 fully saturated rings. The van der Waals surface area contributed by atoms with Gasteiger partial charge in [0.15, 0.2) is 0 Å². The van der Waals surface area contributed by atoms with Crippen molar-refractivity contribution in [2.75, 3.05) is 26.2 Å². The lowest BCUT2D eigenvalue weighted by molar-refractivity contribution is -0.138. The number of hydrogen-bond acceptors (Lipinski definition) is 3. The van der Waals surface area contributed by atoms with Gasteiger partial charge in [-0.2, -0.15) is 17.5 Å². The maximum atomic E-state index is 13.1. The summed E-state index contributed by atoms with van der Waals surface area (Å²) in [4.78, 5) is 1.99. The van der Waals surface area contributed by atoms with Gasteiger partial charge in [-0.05, 0) is 35.9 Å². The average Bonchev–Trinajstić information content (AvgIpc) is 2.62. The molecule has 0 aliphatic carbocycles. The number of rotatable bonds is 4. The number of hydrogen-bond donors (Lipinski definition) is 0. The third kappa shape index (κ3) is 4.63. The number of sulfonamides is 1. The zero-order chi connectivity index (χ0) is 19.7. The van der Waals surface area contributed by atoms with Gasteiger partial charge in [-0.3, -0.25) is 4.90 Å². The minimum atomic E-state index is -4.41. The molecule has 0 radical (unpaired) electrons. The summed E-state index contributed by atoms with van der Waals surface area (Å²) in [7, 11) is -3.64. The molecule has 0 atom stereocenters. The van der Waals surface area contributed by atoms with Crippen molar-refractivity contribution in [3.63, 3.8) is 0 Å². The lowest BCUT2D eigenvalue weighted by atomic mass is 10.1. The Labute approximate surface area is 161 Å². The van der Waals surface area contributed by atoms with E-state index >= 15 is 0 Å². The van der Waals surface area contributed by atoms with Crippen LogP contribution in [0.25, 0.3) is 0 Å². The van der Waals surface area contributed by atoms with E-state index in [1.807, 2.05) is 4.90 Å². The van der Waals surface area contributed by atoms with E-state index in [1.165, 1.54) is 40.7 Å². The predicted molar refractivity (Wildman–Crippen MR) is 96.9 cm³/mol. The summed E-state index contributed by atoms with van der Waals surface area (Å²) in [6.45, 7) is 1.29. The molecule has 0 bridgehead atoms. The second-order valence-electron chi connectivity index (χ2n) is 6.29. The molecule has 9 heteroatoms. The summed E-state index contributed by atoms with van der Waals surface area (Å²) in [5, 5.41) is 0.446. The van der Waals surface area contributed by atoms with Gasteiger partial charge in [-0.1, -0.05) is 29.8 Å². The summed E-state index contributed by atoms with van der Waals surface area (Å²) in [5.41, 5.74) is -0.458. The van der Waals surface area contributed by atoms with Crippen LogP contribution in [0, 0.1) is 0 Å². The van der Waals surface area contributed by atoms with E-state index in [0.29, 0.717) is 18.1 Å². The van der Waals surface area contributed by atoms with Gasteiger partial charge in [0.2, 0.25) is 10.0 Å². The van der Waals surface area contributed by atoms with E-state index < -0.39 is 21.8 Å². The second-order valence-corrected chi connectivity index (χ2v) is 8.66. The molecule has 0 unspecified atom stereocenters. The highest BCUT2D eigenvalue weighted by Crippen LogP contribution is 2.32. The molecule has 27 heavy (non-hydrogen) atoms. The Morgan fingerprint density at radius 1 is 0.926 bits per heavy atom. The van der Waals surface area contributed by atoms with Gasteiger partial charge in [0.05, 0.1) is 10.5 Å². The van der Waals surface area contributed by atoms with Crippen LogP contribution in [0.3, 0.4) is 0 Å². The summed E-state index contributed by atoms with van der Waals surface area (Å²) >= 11 is 5.79. The molecule has 0 N–H and O–H groups in total. The first kappa shape index (κ1) is 20.1. The van der Waals surface area contributed by atoms with Crippen LogP contribution in [-0.2, 0) is 22.7 Å². The van der Waals surface area contributed by atoms with Crippen molar-refractivity contribution in [1.29, 1.82) is 0 Å². The lowest BCUT2D eigenvalue weighted by Gasteiger charge is -2.34. The van der Waals surface area contributed by atoms with E-state index in [4.69, 9.17) is 11.6 Å². The normalized spacial score (nSPS) is 17.2. The highest BCUT2D eigenvalue weighted by Gasteiger charge is 2.34. The summed E-state index contributed by atoms with van der Waals surface area (Å²) in [6.07, 6.45) is -4.41. The van der Waals surface area contributed by atoms with Gasteiger partial charge >= 0.3 is 6.18 Å². The molecule has 146 valence electrons. The van der Waals surface area contributed by atoms with Crippen LogP contribution in [-0.4, -0.2) is 43.8 Å². The molecule has 1 aliphatic heterocycles. The molecule has 0 amide bonds. The van der Waals surface area contributed by atoms with E-state index in [0.717, 1.165) is 6.07 Å². The minimum absolute atomic E-state index is 0.129. The number of alkyl halides is 3. The Morgan fingerprint density at radius 2 is 1.52 bits per heavy atom. The third-order valence-corrected chi connectivity index (χ3v) is 6.66. The van der Waals surface area contributed by atoms with Gasteiger partial charge in [0.1, 0.15) is 0 Å². The standard InChI is InChI=1S/C18H18ClF3N2O2S/c19-15-5-7-16(8-6-15)27(25,26)24-11-9-23(10-12-24)13-14-3-1-2-4-17(14)18(20,21)22/h1-8H,9-13H2. The molecular formula is C18H18ClF3N2O2S. The first-order valence-corrected chi connectivity index (χ1v) is 10.1. The molecule has 2 aromatic rings. The van der Waals surface area contributed by atoms with Gasteiger partial charge in [0, 0.05) is 37.7 Å². The van der Waals surface area contributed by atoms with Gasteiger partial charge < -0.3 is 0 Å². The monoisotopic (exact) mass is 418 g/mol. The molecule has 1 aliphatic rings. The molecule has 0 saturated carbocycles. The number of benzene rings is 2. The Balaban J connectivity index is 1.67. The van der Waals surface area contributed by atoms with Gasteiger partial charge in [-0.25, -0.2) is 8.42 Å². The Morgan fingerprint density at radius 3 is 2.11 bits per heavy atom. The van der Waals surface area contributed by atoms with E-state index in [1.54, 1.807) is 6.07 Å². The SMILES string of the molecule is O=S(=O)(c1ccc(Cl)cc1)N1CCN(Cc2ccccc2C(F)(F)F)CC1. The fraction of sp³-hybridized carbons (Fsp3) is 0.333. The van der Waals surface area contributed by atoms with Crippen molar-refractivity contribution in [3.05, 3.63) is 64.7 Å². The summed E-state index contributed by atoms with van der Waals surface area (Å²) in [5.74, 6) is 0. The lowest BCUT2D eigenvalue weighted by Crippen LogP contribution is -2.48. The summed E-state index contributed by atoms with van der Waals surface area (Å²) < 4.78 is 66.0. The zero-order valence-corrected chi connectivity index (χ0v) is 15.9. The van der Waals surface area contributed by atoms with Crippen molar-refractivity contribution in [2.45, 2.75) is 17.6 Å². The first-order valence-electron chi connectivity index (χ1n) is 8.31. The van der Waals surface area contributed by atoms with E-state index in [9.17, 15) is 21.6 Å². The number of halogens is 4. The zero-order valence-electron chi connectivity index (χ0n) is 14.3. The average molecular weight is 419 g/mol. The van der Waals surface area contributed by atoms with Crippen LogP contribution in [0.5, 0.6) is 0 Å². The van der Waals surface area contributed by atoms with Crippen LogP contribution < -0.4 is 0 Å². The van der Waals surface area contributed by atoms with Crippen LogP contribution in [0.1, 0.15) is 11.1 Å². The fourth-order valence-electron chi connectivity index (χ4n) is 3.06. The van der Waals surface area contributed by atoms with Gasteiger partial charge in [-0.15, -0.1) is 0 Å². The van der Waals surface area contributed by atoms with Crippen LogP contribution in [0.2, 0.25) is 5.02 Å². The van der Waals surface area contributed by atoms with Gasteiger partial charge in [0.25, 0.3) is 0 Å². The largest absolute Gasteiger partial charge is 0.416 e. The predicted octanol–water partition coefficient (Wildman–Crippen LogP) is 3.87. The third-order valence-electron chi connectivity index (χ3n) is 4.50. The Hall–Kier alpha value is -1.61. The molecule has 0 spiro atoms. The minimum Gasteiger partial charge on any atom is -0.296 e. The molecule has 2 aromatic carbocycles. The smallest absolute Gasteiger partial charge is 0.296 e. The first-order chi connectivity index (χ1) is 12.7. The van der Waals surface area contributed by atoms with Crippen molar-refractivity contribution >= 4 is 21.6 Å². The van der Waals surface area contributed by atoms with Crippen molar-refractivity contribution in [3.8, 4) is 0 Å². The maximum Gasteiger partial charge on any atom is 0.416 e. The highest BCUT2D eigenvalue weighted by atomic mass is 35.5.